The Labute approximate surface area is 137 Å². The summed E-state index contributed by atoms with van der Waals surface area (Å²) >= 11 is 9.61. The quantitative estimate of drug-likeness (QED) is 0.812. The number of halogens is 2. The van der Waals surface area contributed by atoms with E-state index in [4.69, 9.17) is 11.6 Å². The molecule has 0 radical (unpaired) electrons. The van der Waals surface area contributed by atoms with Gasteiger partial charge in [0.05, 0.1) is 16.6 Å². The van der Waals surface area contributed by atoms with Crippen LogP contribution in [-0.2, 0) is 6.42 Å². The number of benzene rings is 2. The van der Waals surface area contributed by atoms with E-state index in [2.05, 4.69) is 33.4 Å². The van der Waals surface area contributed by atoms with Gasteiger partial charge in [-0.1, -0.05) is 51.8 Å². The predicted molar refractivity (Wildman–Crippen MR) is 88.9 cm³/mol. The Balaban J connectivity index is 1.86. The molecular weight excluding hydrogens is 350 g/mol. The molecule has 1 amide bonds. The maximum absolute atomic E-state index is 12.6. The van der Waals surface area contributed by atoms with Crippen LogP contribution in [-0.4, -0.2) is 5.91 Å². The monoisotopic (exact) mass is 363 g/mol. The Morgan fingerprint density at radius 2 is 2.10 bits per heavy atom. The number of nitrogens with one attached hydrogen (secondary N) is 1. The van der Waals surface area contributed by atoms with E-state index in [1.165, 1.54) is 11.1 Å². The van der Waals surface area contributed by atoms with Crippen LogP contribution in [0.1, 0.15) is 39.5 Å². The normalized spacial score (nSPS) is 16.6. The standard InChI is InChI=1S/C17H15BrClNO/c1-10-8-12(18)9-14(19)16(10)17(21)20-15-7-6-11-4-2-3-5-13(11)15/h2-5,8-9,15H,6-7H2,1H3,(H,20,21). The Kier molecular flexibility index (Phi) is 4.05. The summed E-state index contributed by atoms with van der Waals surface area (Å²) in [5.74, 6) is -0.105. The molecule has 1 aliphatic carbocycles. The molecule has 4 heteroatoms. The lowest BCUT2D eigenvalue weighted by Crippen LogP contribution is -2.28. The van der Waals surface area contributed by atoms with E-state index in [1.54, 1.807) is 6.07 Å². The topological polar surface area (TPSA) is 29.1 Å². The number of fused-ring (bicyclic) bond motifs is 1. The van der Waals surface area contributed by atoms with Crippen molar-refractivity contribution < 1.29 is 4.79 Å². The first-order chi connectivity index (χ1) is 10.1. The molecule has 2 nitrogen and oxygen atoms in total. The highest BCUT2D eigenvalue weighted by atomic mass is 79.9. The molecule has 2 aromatic rings. The van der Waals surface area contributed by atoms with E-state index in [0.29, 0.717) is 10.6 Å². The van der Waals surface area contributed by atoms with Crippen molar-refractivity contribution in [2.75, 3.05) is 0 Å². The summed E-state index contributed by atoms with van der Waals surface area (Å²) in [4.78, 5) is 12.6. The molecule has 21 heavy (non-hydrogen) atoms. The second-order valence-corrected chi connectivity index (χ2v) is 6.67. The lowest BCUT2D eigenvalue weighted by molar-refractivity contribution is 0.0936. The van der Waals surface area contributed by atoms with Crippen LogP contribution in [0.25, 0.3) is 0 Å². The Bertz CT molecular complexity index is 691. The summed E-state index contributed by atoms with van der Waals surface area (Å²) in [5.41, 5.74) is 3.97. The highest BCUT2D eigenvalue weighted by molar-refractivity contribution is 9.10. The van der Waals surface area contributed by atoms with Gasteiger partial charge in [0, 0.05) is 4.47 Å². The van der Waals surface area contributed by atoms with E-state index in [9.17, 15) is 4.79 Å². The fraction of sp³-hybridized carbons (Fsp3) is 0.235. The van der Waals surface area contributed by atoms with Crippen molar-refractivity contribution in [3.8, 4) is 0 Å². The molecule has 0 aromatic heterocycles. The molecule has 2 aromatic carbocycles. The van der Waals surface area contributed by atoms with Crippen LogP contribution >= 0.6 is 27.5 Å². The number of hydrogen-bond donors (Lipinski definition) is 1. The molecule has 1 atom stereocenters. The molecule has 0 saturated heterocycles. The summed E-state index contributed by atoms with van der Waals surface area (Å²) in [5, 5.41) is 3.59. The molecule has 1 aliphatic rings. The van der Waals surface area contributed by atoms with E-state index in [0.717, 1.165) is 22.9 Å². The van der Waals surface area contributed by atoms with Gasteiger partial charge in [0.25, 0.3) is 5.91 Å². The first-order valence-electron chi connectivity index (χ1n) is 6.90. The van der Waals surface area contributed by atoms with Gasteiger partial charge in [-0.05, 0) is 48.6 Å². The second kappa shape index (κ2) is 5.82. The van der Waals surface area contributed by atoms with Crippen molar-refractivity contribution in [1.29, 1.82) is 0 Å². The molecule has 0 fully saturated rings. The number of amides is 1. The summed E-state index contributed by atoms with van der Waals surface area (Å²) in [6, 6.07) is 12.0. The van der Waals surface area contributed by atoms with Crippen LogP contribution in [0.5, 0.6) is 0 Å². The van der Waals surface area contributed by atoms with Gasteiger partial charge in [-0.2, -0.15) is 0 Å². The minimum atomic E-state index is -0.105. The van der Waals surface area contributed by atoms with Crippen LogP contribution in [0.2, 0.25) is 5.02 Å². The third-order valence-electron chi connectivity index (χ3n) is 3.92. The Hall–Kier alpha value is -1.32. The summed E-state index contributed by atoms with van der Waals surface area (Å²) in [7, 11) is 0. The third-order valence-corrected chi connectivity index (χ3v) is 4.67. The summed E-state index contributed by atoms with van der Waals surface area (Å²) in [6.45, 7) is 1.90. The van der Waals surface area contributed by atoms with E-state index in [-0.39, 0.29) is 11.9 Å². The van der Waals surface area contributed by atoms with E-state index in [1.807, 2.05) is 25.1 Å². The lowest BCUT2D eigenvalue weighted by atomic mass is 10.1. The number of carbonyl (C=O) groups is 1. The van der Waals surface area contributed by atoms with Crippen molar-refractivity contribution in [1.82, 2.24) is 5.32 Å². The van der Waals surface area contributed by atoms with E-state index < -0.39 is 0 Å². The summed E-state index contributed by atoms with van der Waals surface area (Å²) in [6.07, 6.45) is 1.95. The largest absolute Gasteiger partial charge is 0.345 e. The molecule has 0 heterocycles. The molecule has 0 aliphatic heterocycles. The second-order valence-electron chi connectivity index (χ2n) is 5.34. The van der Waals surface area contributed by atoms with Crippen LogP contribution in [0.3, 0.4) is 0 Å². The number of rotatable bonds is 2. The zero-order valence-corrected chi connectivity index (χ0v) is 14.0. The molecule has 1 N–H and O–H groups in total. The number of carbonyl (C=O) groups excluding carboxylic acids is 1. The SMILES string of the molecule is Cc1cc(Br)cc(Cl)c1C(=O)NC1CCc2ccccc21. The molecule has 108 valence electrons. The van der Waals surface area contributed by atoms with Crippen molar-refractivity contribution in [2.24, 2.45) is 0 Å². The van der Waals surface area contributed by atoms with Gasteiger partial charge in [0.1, 0.15) is 0 Å². The van der Waals surface area contributed by atoms with Gasteiger partial charge >= 0.3 is 0 Å². The fourth-order valence-corrected chi connectivity index (χ4v) is 3.98. The number of hydrogen-bond acceptors (Lipinski definition) is 1. The third kappa shape index (κ3) is 2.85. The zero-order chi connectivity index (χ0) is 15.0. The van der Waals surface area contributed by atoms with Gasteiger partial charge in [0.15, 0.2) is 0 Å². The first kappa shape index (κ1) is 14.6. The summed E-state index contributed by atoms with van der Waals surface area (Å²) < 4.78 is 0.882. The van der Waals surface area contributed by atoms with Gasteiger partial charge < -0.3 is 5.32 Å². The average Bonchev–Trinajstić information content (AvgIpc) is 2.81. The first-order valence-corrected chi connectivity index (χ1v) is 8.07. The van der Waals surface area contributed by atoms with Gasteiger partial charge in [-0.25, -0.2) is 0 Å². The van der Waals surface area contributed by atoms with Crippen molar-refractivity contribution in [2.45, 2.75) is 25.8 Å². The van der Waals surface area contributed by atoms with Crippen LogP contribution in [0.4, 0.5) is 0 Å². The van der Waals surface area contributed by atoms with Crippen molar-refractivity contribution >= 4 is 33.4 Å². The zero-order valence-electron chi connectivity index (χ0n) is 11.6. The van der Waals surface area contributed by atoms with Crippen LogP contribution in [0.15, 0.2) is 40.9 Å². The van der Waals surface area contributed by atoms with Crippen molar-refractivity contribution in [3.05, 3.63) is 68.1 Å². The molecule has 0 bridgehead atoms. The molecule has 0 spiro atoms. The van der Waals surface area contributed by atoms with Gasteiger partial charge in [-0.15, -0.1) is 0 Å². The predicted octanol–water partition coefficient (Wildman–Crippen LogP) is 4.83. The molecule has 0 saturated carbocycles. The smallest absolute Gasteiger partial charge is 0.253 e. The van der Waals surface area contributed by atoms with E-state index >= 15 is 0 Å². The number of aryl methyl sites for hydroxylation is 2. The molecule has 3 rings (SSSR count). The maximum Gasteiger partial charge on any atom is 0.253 e. The minimum Gasteiger partial charge on any atom is -0.345 e. The minimum absolute atomic E-state index is 0.0767. The Morgan fingerprint density at radius 3 is 2.86 bits per heavy atom. The Morgan fingerprint density at radius 1 is 1.33 bits per heavy atom. The molecular formula is C17H15BrClNO. The lowest BCUT2D eigenvalue weighted by Gasteiger charge is -2.16. The highest BCUT2D eigenvalue weighted by Gasteiger charge is 2.25. The van der Waals surface area contributed by atoms with Crippen molar-refractivity contribution in [3.63, 3.8) is 0 Å². The van der Waals surface area contributed by atoms with Gasteiger partial charge in [0.2, 0.25) is 0 Å². The fourth-order valence-electron chi connectivity index (χ4n) is 2.93. The average molecular weight is 365 g/mol. The molecule has 1 unspecified atom stereocenters. The maximum atomic E-state index is 12.6. The highest BCUT2D eigenvalue weighted by Crippen LogP contribution is 2.32. The van der Waals surface area contributed by atoms with Gasteiger partial charge in [-0.3, -0.25) is 4.79 Å². The van der Waals surface area contributed by atoms with Crippen LogP contribution < -0.4 is 5.32 Å². The van der Waals surface area contributed by atoms with Crippen LogP contribution in [0, 0.1) is 6.92 Å².